The van der Waals surface area contributed by atoms with E-state index in [-0.39, 0.29) is 11.9 Å². The lowest BCUT2D eigenvalue weighted by Gasteiger charge is -2.28. The highest BCUT2D eigenvalue weighted by atomic mass is 32.2. The van der Waals surface area contributed by atoms with Crippen LogP contribution in [0.15, 0.2) is 60.7 Å². The summed E-state index contributed by atoms with van der Waals surface area (Å²) < 4.78 is 13.9. The molecule has 1 amide bonds. The third-order valence-electron chi connectivity index (χ3n) is 4.67. The second-order valence-corrected chi connectivity index (χ2v) is 7.66. The number of nitrogens with zero attached hydrogens (tertiary/aromatic N) is 1. The summed E-state index contributed by atoms with van der Waals surface area (Å²) in [5, 5.41) is 11.5. The average molecular weight is 385 g/mol. The Hall–Kier alpha value is -2.35. The highest BCUT2D eigenvalue weighted by molar-refractivity contribution is 7.88. The van der Waals surface area contributed by atoms with Crippen LogP contribution in [-0.4, -0.2) is 40.7 Å². The minimum atomic E-state index is -1.08. The molecule has 1 unspecified atom stereocenters. The number of hydrogen-bond acceptors (Lipinski definition) is 4. The third-order valence-corrected chi connectivity index (χ3v) is 5.28. The van der Waals surface area contributed by atoms with Crippen molar-refractivity contribution < 1.29 is 9.35 Å². The summed E-state index contributed by atoms with van der Waals surface area (Å²) in [6, 6.07) is 19.1. The standard InChI is InChI=1S/C20H24N4O2S/c1-27(26)22-14-8-9-15-24-18(25)20(23-19(24)21,16-10-4-2-5-11-16)17-12-6-3-7-13-17/h2-7,10-13,22H,8-9,14-15H2,1H3,(H2,21,23). The van der Waals surface area contributed by atoms with Crippen LogP contribution >= 0.6 is 0 Å². The van der Waals surface area contributed by atoms with Crippen molar-refractivity contribution in [3.05, 3.63) is 71.8 Å². The summed E-state index contributed by atoms with van der Waals surface area (Å²) in [4.78, 5) is 15.0. The molecule has 0 radical (unpaired) electrons. The van der Waals surface area contributed by atoms with Gasteiger partial charge in [0.05, 0.1) is 0 Å². The Bertz CT molecular complexity index is 744. The van der Waals surface area contributed by atoms with Gasteiger partial charge in [0.15, 0.2) is 11.5 Å². The molecule has 3 rings (SSSR count). The lowest BCUT2D eigenvalue weighted by molar-refractivity contribution is -0.130. The van der Waals surface area contributed by atoms with E-state index in [0.29, 0.717) is 13.1 Å². The van der Waals surface area contributed by atoms with Crippen LogP contribution in [0.5, 0.6) is 0 Å². The maximum atomic E-state index is 13.5. The molecule has 3 N–H and O–H groups in total. The maximum Gasteiger partial charge on any atom is 0.264 e. The second-order valence-electron chi connectivity index (χ2n) is 6.47. The molecule has 0 saturated carbocycles. The molecule has 0 spiro atoms. The zero-order valence-electron chi connectivity index (χ0n) is 15.3. The van der Waals surface area contributed by atoms with Crippen LogP contribution in [0.1, 0.15) is 24.0 Å². The Morgan fingerprint density at radius 2 is 1.63 bits per heavy atom. The first kappa shape index (κ1) is 19.4. The van der Waals surface area contributed by atoms with Crippen molar-refractivity contribution in [2.45, 2.75) is 18.4 Å². The highest BCUT2D eigenvalue weighted by Crippen LogP contribution is 2.35. The van der Waals surface area contributed by atoms with E-state index in [4.69, 9.17) is 5.41 Å². The number of amides is 1. The first-order valence-corrected chi connectivity index (χ1v) is 10.5. The van der Waals surface area contributed by atoms with Gasteiger partial charge in [-0.3, -0.25) is 15.1 Å². The van der Waals surface area contributed by atoms with Crippen molar-refractivity contribution in [3.8, 4) is 0 Å². The van der Waals surface area contributed by atoms with Crippen molar-refractivity contribution in [1.29, 1.82) is 5.41 Å². The van der Waals surface area contributed by atoms with E-state index in [9.17, 15) is 9.35 Å². The highest BCUT2D eigenvalue weighted by Gasteiger charge is 2.51. The second kappa shape index (κ2) is 8.56. The van der Waals surface area contributed by atoms with Gasteiger partial charge in [-0.1, -0.05) is 60.7 Å². The first-order chi connectivity index (χ1) is 13.1. The molecule has 2 aromatic rings. The molecule has 0 bridgehead atoms. The van der Waals surface area contributed by atoms with Gasteiger partial charge in [0.2, 0.25) is 0 Å². The largest absolute Gasteiger partial charge is 0.598 e. The molecule has 142 valence electrons. The molecule has 27 heavy (non-hydrogen) atoms. The van der Waals surface area contributed by atoms with Gasteiger partial charge in [-0.15, -0.1) is 4.72 Å². The summed E-state index contributed by atoms with van der Waals surface area (Å²) in [7, 11) is 0. The third kappa shape index (κ3) is 4.00. The molecule has 1 fully saturated rings. The van der Waals surface area contributed by atoms with Gasteiger partial charge in [0.25, 0.3) is 5.91 Å². The van der Waals surface area contributed by atoms with E-state index in [1.807, 2.05) is 60.7 Å². The molecule has 1 aliphatic rings. The maximum absolute atomic E-state index is 13.5. The average Bonchev–Trinajstić information content (AvgIpc) is 2.94. The van der Waals surface area contributed by atoms with Crippen molar-refractivity contribution in [3.63, 3.8) is 0 Å². The minimum Gasteiger partial charge on any atom is -0.598 e. The Labute approximate surface area is 162 Å². The number of hydrogen-bond donors (Lipinski definition) is 3. The lowest BCUT2D eigenvalue weighted by Crippen LogP contribution is -2.45. The molecule has 1 aliphatic heterocycles. The number of guanidine groups is 1. The van der Waals surface area contributed by atoms with Gasteiger partial charge in [-0.25, -0.2) is 0 Å². The molecular formula is C20H24N4O2S. The van der Waals surface area contributed by atoms with Gasteiger partial charge >= 0.3 is 0 Å². The Balaban J connectivity index is 1.83. The van der Waals surface area contributed by atoms with Gasteiger partial charge in [0, 0.05) is 24.5 Å². The van der Waals surface area contributed by atoms with Crippen molar-refractivity contribution >= 4 is 23.2 Å². The summed E-state index contributed by atoms with van der Waals surface area (Å²) >= 11 is -1.03. The van der Waals surface area contributed by atoms with Crippen molar-refractivity contribution in [2.75, 3.05) is 19.3 Å². The fourth-order valence-corrected chi connectivity index (χ4v) is 3.79. The van der Waals surface area contributed by atoms with E-state index in [1.165, 1.54) is 4.90 Å². The number of carbonyl (C=O) groups excluding carboxylic acids is 1. The number of unbranched alkanes of at least 4 members (excludes halogenated alkanes) is 1. The van der Waals surface area contributed by atoms with E-state index >= 15 is 0 Å². The Morgan fingerprint density at radius 1 is 1.07 bits per heavy atom. The topological polar surface area (TPSA) is 91.3 Å². The molecule has 1 atom stereocenters. The van der Waals surface area contributed by atoms with E-state index in [0.717, 1.165) is 24.0 Å². The predicted octanol–water partition coefficient (Wildman–Crippen LogP) is 1.96. The molecular weight excluding hydrogens is 360 g/mol. The minimum absolute atomic E-state index is 0.111. The van der Waals surface area contributed by atoms with Crippen molar-refractivity contribution in [2.24, 2.45) is 0 Å². The number of carbonyl (C=O) groups is 1. The first-order valence-electron chi connectivity index (χ1n) is 8.92. The molecule has 0 aromatic heterocycles. The number of nitrogens with one attached hydrogen (secondary N) is 3. The van der Waals surface area contributed by atoms with Crippen LogP contribution < -0.4 is 10.0 Å². The van der Waals surface area contributed by atoms with E-state index in [2.05, 4.69) is 10.0 Å². The van der Waals surface area contributed by atoms with Gasteiger partial charge in [-0.05, 0) is 24.0 Å². The monoisotopic (exact) mass is 384 g/mol. The molecule has 1 heterocycles. The quantitative estimate of drug-likeness (QED) is 0.479. The van der Waals surface area contributed by atoms with Crippen LogP contribution in [0.4, 0.5) is 0 Å². The zero-order valence-corrected chi connectivity index (χ0v) is 16.1. The number of rotatable bonds is 8. The SMILES string of the molecule is C[S+]([O-])NCCCCN1C(=N)NC(c2ccccc2)(c2ccccc2)C1=O. The summed E-state index contributed by atoms with van der Waals surface area (Å²) in [6.07, 6.45) is 3.09. The molecule has 1 saturated heterocycles. The number of benzene rings is 2. The van der Waals surface area contributed by atoms with Gasteiger partial charge in [-0.2, -0.15) is 0 Å². The van der Waals surface area contributed by atoms with Crippen LogP contribution in [0.25, 0.3) is 0 Å². The predicted molar refractivity (Wildman–Crippen MR) is 108 cm³/mol. The molecule has 7 heteroatoms. The molecule has 0 aliphatic carbocycles. The summed E-state index contributed by atoms with van der Waals surface area (Å²) in [5.41, 5.74) is 0.552. The fraction of sp³-hybridized carbons (Fsp3) is 0.300. The van der Waals surface area contributed by atoms with Crippen LogP contribution in [0, 0.1) is 5.41 Å². The van der Waals surface area contributed by atoms with Gasteiger partial charge < -0.3 is 9.87 Å². The van der Waals surface area contributed by atoms with E-state index < -0.39 is 16.9 Å². The van der Waals surface area contributed by atoms with Crippen LogP contribution in [0.2, 0.25) is 0 Å². The summed E-state index contributed by atoms with van der Waals surface area (Å²) in [6.45, 7) is 1.07. The molecule has 6 nitrogen and oxygen atoms in total. The van der Waals surface area contributed by atoms with Crippen molar-refractivity contribution in [1.82, 2.24) is 14.9 Å². The zero-order chi connectivity index (χ0) is 19.3. The van der Waals surface area contributed by atoms with E-state index in [1.54, 1.807) is 6.26 Å². The Morgan fingerprint density at radius 3 is 2.15 bits per heavy atom. The smallest absolute Gasteiger partial charge is 0.264 e. The normalized spacial score (nSPS) is 17.0. The van der Waals surface area contributed by atoms with Gasteiger partial charge in [0.1, 0.15) is 6.26 Å². The van der Waals surface area contributed by atoms with Crippen LogP contribution in [0.3, 0.4) is 0 Å². The lowest BCUT2D eigenvalue weighted by atomic mass is 9.82. The van der Waals surface area contributed by atoms with Crippen LogP contribution in [-0.2, 0) is 21.7 Å². The summed E-state index contributed by atoms with van der Waals surface area (Å²) in [5.74, 6) is -0.0309. The fourth-order valence-electron chi connectivity index (χ4n) is 3.36. The molecule has 2 aromatic carbocycles. The Kier molecular flexibility index (Phi) is 6.15.